The summed E-state index contributed by atoms with van der Waals surface area (Å²) in [6.07, 6.45) is 0. The second-order valence-electron chi connectivity index (χ2n) is 7.96. The summed E-state index contributed by atoms with van der Waals surface area (Å²) in [5.74, 6) is -0.160. The molecule has 0 aliphatic heterocycles. The van der Waals surface area contributed by atoms with Gasteiger partial charge in [-0.05, 0) is 71.8 Å². The monoisotopic (exact) mass is 461 g/mol. The number of nitro groups is 1. The van der Waals surface area contributed by atoms with E-state index in [-0.39, 0.29) is 17.3 Å². The van der Waals surface area contributed by atoms with Crippen molar-refractivity contribution in [2.24, 2.45) is 0 Å². The van der Waals surface area contributed by atoms with Crippen molar-refractivity contribution in [3.63, 3.8) is 0 Å². The van der Waals surface area contributed by atoms with Gasteiger partial charge < -0.3 is 10.4 Å². The number of hydrogen-bond donors (Lipinski definition) is 2. The smallest absolute Gasteiger partial charge is 0.269 e. The number of rotatable bonds is 5. The summed E-state index contributed by atoms with van der Waals surface area (Å²) >= 11 is 0. The summed E-state index contributed by atoms with van der Waals surface area (Å²) in [4.78, 5) is 28.3. The Balaban J connectivity index is 1.59. The molecular formula is C28H19N3O4. The van der Waals surface area contributed by atoms with Crippen LogP contribution in [0, 0.1) is 10.1 Å². The van der Waals surface area contributed by atoms with Crippen molar-refractivity contribution in [1.29, 1.82) is 0 Å². The van der Waals surface area contributed by atoms with E-state index < -0.39 is 4.92 Å². The van der Waals surface area contributed by atoms with E-state index in [0.29, 0.717) is 22.5 Å². The fraction of sp³-hybridized carbons (Fsp3) is 0. The van der Waals surface area contributed by atoms with Crippen molar-refractivity contribution in [2.75, 3.05) is 5.32 Å². The fourth-order valence-electron chi connectivity index (χ4n) is 3.87. The maximum atomic E-state index is 12.9. The normalized spacial score (nSPS) is 10.7. The SMILES string of the molecule is O=C(Nc1ccc(O)cc1)c1ccc2nc(-c3ccc([N+](=O)[O-])cc3)cc(-c3ccccc3)c2c1. The fourth-order valence-corrected chi connectivity index (χ4v) is 3.87. The van der Waals surface area contributed by atoms with Crippen LogP contribution in [0.5, 0.6) is 5.75 Å². The second-order valence-corrected chi connectivity index (χ2v) is 7.96. The zero-order chi connectivity index (χ0) is 24.4. The number of pyridine rings is 1. The number of phenols is 1. The van der Waals surface area contributed by atoms with Crippen molar-refractivity contribution in [3.8, 4) is 28.1 Å². The Bertz CT molecular complexity index is 1550. The third-order valence-electron chi connectivity index (χ3n) is 5.65. The van der Waals surface area contributed by atoms with Gasteiger partial charge in [0.2, 0.25) is 0 Å². The number of hydrogen-bond acceptors (Lipinski definition) is 5. The molecule has 7 nitrogen and oxygen atoms in total. The minimum absolute atomic E-state index is 0.0158. The van der Waals surface area contributed by atoms with Gasteiger partial charge in [-0.25, -0.2) is 4.98 Å². The molecule has 0 radical (unpaired) electrons. The highest BCUT2D eigenvalue weighted by Gasteiger charge is 2.14. The van der Waals surface area contributed by atoms with Gasteiger partial charge in [-0.15, -0.1) is 0 Å². The highest BCUT2D eigenvalue weighted by atomic mass is 16.6. The number of non-ortho nitro benzene ring substituents is 1. The van der Waals surface area contributed by atoms with E-state index in [1.54, 1.807) is 42.5 Å². The predicted octanol–water partition coefficient (Wildman–Crippen LogP) is 6.43. The first-order chi connectivity index (χ1) is 17.0. The van der Waals surface area contributed by atoms with Crippen LogP contribution < -0.4 is 5.32 Å². The Morgan fingerprint density at radius 1 is 0.829 bits per heavy atom. The largest absolute Gasteiger partial charge is 0.508 e. The van der Waals surface area contributed by atoms with Gasteiger partial charge in [0.15, 0.2) is 0 Å². The zero-order valence-electron chi connectivity index (χ0n) is 18.4. The van der Waals surface area contributed by atoms with Crippen LogP contribution in [0.4, 0.5) is 11.4 Å². The predicted molar refractivity (Wildman–Crippen MR) is 135 cm³/mol. The molecule has 0 saturated heterocycles. The molecule has 0 unspecified atom stereocenters. The third kappa shape index (κ3) is 4.56. The van der Waals surface area contributed by atoms with Gasteiger partial charge in [0.1, 0.15) is 5.75 Å². The molecule has 1 aromatic heterocycles. The van der Waals surface area contributed by atoms with Crippen molar-refractivity contribution in [3.05, 3.63) is 119 Å². The van der Waals surface area contributed by atoms with Crippen LogP contribution in [0.3, 0.4) is 0 Å². The van der Waals surface area contributed by atoms with Crippen LogP contribution in [-0.4, -0.2) is 20.9 Å². The Labute approximate surface area is 200 Å². The highest BCUT2D eigenvalue weighted by molar-refractivity contribution is 6.08. The van der Waals surface area contributed by atoms with Crippen molar-refractivity contribution >= 4 is 28.2 Å². The summed E-state index contributed by atoms with van der Waals surface area (Å²) in [6, 6.07) is 29.6. The molecule has 4 aromatic carbocycles. The number of aromatic hydroxyl groups is 1. The molecule has 5 rings (SSSR count). The third-order valence-corrected chi connectivity index (χ3v) is 5.65. The van der Waals surface area contributed by atoms with E-state index in [2.05, 4.69) is 5.32 Å². The van der Waals surface area contributed by atoms with Gasteiger partial charge in [-0.3, -0.25) is 14.9 Å². The first-order valence-electron chi connectivity index (χ1n) is 10.8. The van der Waals surface area contributed by atoms with Crippen LogP contribution >= 0.6 is 0 Å². The number of nitrogens with one attached hydrogen (secondary N) is 1. The van der Waals surface area contributed by atoms with Gasteiger partial charge in [0, 0.05) is 34.3 Å². The molecule has 0 aliphatic carbocycles. The zero-order valence-corrected chi connectivity index (χ0v) is 18.4. The molecule has 0 atom stereocenters. The standard InChI is InChI=1S/C28H19N3O4/c32-23-13-9-21(10-14-23)29-28(33)20-8-15-26-25(16-20)24(18-4-2-1-3-5-18)17-27(30-26)19-6-11-22(12-7-19)31(34)35/h1-17,32H,(H,29,33). The molecule has 0 aliphatic rings. The summed E-state index contributed by atoms with van der Waals surface area (Å²) in [7, 11) is 0. The van der Waals surface area contributed by atoms with Gasteiger partial charge in [0.05, 0.1) is 16.1 Å². The number of carbonyl (C=O) groups excluding carboxylic acids is 1. The Kier molecular flexibility index (Phi) is 5.65. The molecule has 1 heterocycles. The van der Waals surface area contributed by atoms with Gasteiger partial charge in [0.25, 0.3) is 11.6 Å². The average Bonchev–Trinajstić information content (AvgIpc) is 2.89. The summed E-state index contributed by atoms with van der Waals surface area (Å²) in [5, 5.41) is 24.1. The first kappa shape index (κ1) is 21.8. The first-order valence-corrected chi connectivity index (χ1v) is 10.8. The number of phenolic OH excluding ortho intramolecular Hbond substituents is 1. The Hall–Kier alpha value is -5.04. The lowest BCUT2D eigenvalue weighted by atomic mass is 9.97. The van der Waals surface area contributed by atoms with Crippen molar-refractivity contribution < 1.29 is 14.8 Å². The van der Waals surface area contributed by atoms with E-state index in [1.807, 2.05) is 36.4 Å². The lowest BCUT2D eigenvalue weighted by Crippen LogP contribution is -2.11. The van der Waals surface area contributed by atoms with Crippen LogP contribution in [-0.2, 0) is 0 Å². The summed E-state index contributed by atoms with van der Waals surface area (Å²) in [5.41, 5.74) is 5.03. The summed E-state index contributed by atoms with van der Waals surface area (Å²) < 4.78 is 0. The number of nitrogens with zero attached hydrogens (tertiary/aromatic N) is 2. The molecule has 170 valence electrons. The van der Waals surface area contributed by atoms with Crippen LogP contribution in [0.25, 0.3) is 33.3 Å². The molecule has 35 heavy (non-hydrogen) atoms. The molecular weight excluding hydrogens is 442 g/mol. The summed E-state index contributed by atoms with van der Waals surface area (Å²) in [6.45, 7) is 0. The number of carbonyl (C=O) groups is 1. The number of fused-ring (bicyclic) bond motifs is 1. The number of amides is 1. The number of anilines is 1. The topological polar surface area (TPSA) is 105 Å². The molecule has 0 fully saturated rings. The molecule has 0 bridgehead atoms. The van der Waals surface area contributed by atoms with Crippen LogP contribution in [0.1, 0.15) is 10.4 Å². The molecule has 7 heteroatoms. The average molecular weight is 461 g/mol. The Morgan fingerprint density at radius 3 is 2.23 bits per heavy atom. The second kappa shape index (κ2) is 9.07. The molecule has 2 N–H and O–H groups in total. The van der Waals surface area contributed by atoms with E-state index in [4.69, 9.17) is 4.98 Å². The van der Waals surface area contributed by atoms with E-state index in [9.17, 15) is 20.0 Å². The quantitative estimate of drug-likeness (QED) is 0.178. The van der Waals surface area contributed by atoms with E-state index in [0.717, 1.165) is 22.1 Å². The minimum atomic E-state index is -0.433. The van der Waals surface area contributed by atoms with Crippen LogP contribution in [0.15, 0.2) is 103 Å². The Morgan fingerprint density at radius 2 is 1.54 bits per heavy atom. The van der Waals surface area contributed by atoms with E-state index in [1.165, 1.54) is 24.3 Å². The van der Waals surface area contributed by atoms with Gasteiger partial charge >= 0.3 is 0 Å². The lowest BCUT2D eigenvalue weighted by Gasteiger charge is -2.12. The number of benzene rings is 4. The van der Waals surface area contributed by atoms with Crippen LogP contribution in [0.2, 0.25) is 0 Å². The molecule has 5 aromatic rings. The number of nitro benzene ring substituents is 1. The van der Waals surface area contributed by atoms with Gasteiger partial charge in [-0.2, -0.15) is 0 Å². The lowest BCUT2D eigenvalue weighted by molar-refractivity contribution is -0.384. The van der Waals surface area contributed by atoms with Crippen molar-refractivity contribution in [1.82, 2.24) is 4.98 Å². The van der Waals surface area contributed by atoms with Gasteiger partial charge in [-0.1, -0.05) is 30.3 Å². The maximum absolute atomic E-state index is 12.9. The molecule has 0 saturated carbocycles. The highest BCUT2D eigenvalue weighted by Crippen LogP contribution is 2.33. The van der Waals surface area contributed by atoms with E-state index >= 15 is 0 Å². The minimum Gasteiger partial charge on any atom is -0.508 e. The molecule has 1 amide bonds. The number of aromatic nitrogens is 1. The molecule has 0 spiro atoms. The maximum Gasteiger partial charge on any atom is 0.269 e. The van der Waals surface area contributed by atoms with Crippen molar-refractivity contribution in [2.45, 2.75) is 0 Å².